The summed E-state index contributed by atoms with van der Waals surface area (Å²) in [7, 11) is 0. The van der Waals surface area contributed by atoms with Gasteiger partial charge in [0.2, 0.25) is 0 Å². The van der Waals surface area contributed by atoms with E-state index < -0.39 is 0 Å². The van der Waals surface area contributed by atoms with E-state index >= 15 is 0 Å². The Morgan fingerprint density at radius 3 is 1.62 bits per heavy atom. The number of furan rings is 1. The molecular formula is C43H27N3O. The maximum absolute atomic E-state index is 6.73. The number of rotatable bonds is 4. The van der Waals surface area contributed by atoms with Crippen molar-refractivity contribution >= 4 is 44.4 Å². The Bertz CT molecular complexity index is 2520. The number of aliphatic imine (C=N–C) groups is 2. The first-order valence-electron chi connectivity index (χ1n) is 15.9. The quantitative estimate of drug-likeness (QED) is 0.218. The van der Waals surface area contributed by atoms with Crippen LogP contribution in [0.4, 0.5) is 0 Å². The van der Waals surface area contributed by atoms with Crippen molar-refractivity contribution in [1.29, 1.82) is 0 Å². The van der Waals surface area contributed by atoms with Crippen molar-refractivity contribution in [1.82, 2.24) is 5.32 Å². The summed E-state index contributed by atoms with van der Waals surface area (Å²) in [4.78, 5) is 10.1. The average Bonchev–Trinajstić information content (AvgIpc) is 3.49. The molecule has 2 aliphatic rings. The molecule has 47 heavy (non-hydrogen) atoms. The Labute approximate surface area is 271 Å². The van der Waals surface area contributed by atoms with Crippen LogP contribution in [-0.2, 0) is 0 Å². The zero-order valence-corrected chi connectivity index (χ0v) is 25.3. The summed E-state index contributed by atoms with van der Waals surface area (Å²) in [5, 5.41) is 8.38. The van der Waals surface area contributed by atoms with Crippen LogP contribution in [0.15, 0.2) is 166 Å². The van der Waals surface area contributed by atoms with Gasteiger partial charge in [-0.3, -0.25) is 0 Å². The molecule has 0 bridgehead atoms. The molecule has 4 heteroatoms. The molecule has 0 amide bonds. The highest BCUT2D eigenvalue weighted by atomic mass is 16.3. The summed E-state index contributed by atoms with van der Waals surface area (Å²) in [6.07, 6.45) is -0.375. The minimum absolute atomic E-state index is 0.375. The molecule has 0 spiro atoms. The molecule has 2 heterocycles. The third-order valence-electron chi connectivity index (χ3n) is 9.48. The maximum Gasteiger partial charge on any atom is 0.169 e. The van der Waals surface area contributed by atoms with Crippen molar-refractivity contribution in [3.63, 3.8) is 0 Å². The van der Waals surface area contributed by atoms with E-state index in [2.05, 4.69) is 121 Å². The third-order valence-corrected chi connectivity index (χ3v) is 9.48. The molecule has 0 atom stereocenters. The van der Waals surface area contributed by atoms with Crippen molar-refractivity contribution in [2.45, 2.75) is 6.17 Å². The second kappa shape index (κ2) is 10.1. The number of nitrogens with zero attached hydrogens (tertiary/aromatic N) is 2. The first-order chi connectivity index (χ1) is 23.3. The Morgan fingerprint density at radius 1 is 0.426 bits per heavy atom. The molecule has 4 nitrogen and oxygen atoms in total. The summed E-state index contributed by atoms with van der Waals surface area (Å²) >= 11 is 0. The van der Waals surface area contributed by atoms with Crippen LogP contribution in [0.25, 0.3) is 66.1 Å². The number of benzene rings is 7. The second-order valence-electron chi connectivity index (χ2n) is 12.2. The second-order valence-corrected chi connectivity index (χ2v) is 12.2. The lowest BCUT2D eigenvalue weighted by Crippen LogP contribution is -2.35. The normalized spacial score (nSPS) is 13.9. The minimum atomic E-state index is -0.375. The van der Waals surface area contributed by atoms with Gasteiger partial charge >= 0.3 is 0 Å². The highest BCUT2D eigenvalue weighted by Crippen LogP contribution is 2.50. The molecule has 8 aromatic rings. The molecule has 1 aliphatic heterocycles. The molecule has 0 saturated heterocycles. The highest BCUT2D eigenvalue weighted by molar-refractivity contribution is 6.27. The van der Waals surface area contributed by atoms with E-state index in [4.69, 9.17) is 14.4 Å². The molecule has 0 radical (unpaired) electrons. The number of amidine groups is 2. The van der Waals surface area contributed by atoms with Gasteiger partial charge in [-0.2, -0.15) is 0 Å². The Morgan fingerprint density at radius 2 is 0.979 bits per heavy atom. The molecule has 1 N–H and O–H groups in total. The fourth-order valence-electron chi connectivity index (χ4n) is 7.31. The molecule has 7 aromatic carbocycles. The van der Waals surface area contributed by atoms with E-state index in [9.17, 15) is 0 Å². The number of hydrogen-bond acceptors (Lipinski definition) is 4. The zero-order chi connectivity index (χ0) is 30.9. The number of fused-ring (bicyclic) bond motifs is 2. The largest absolute Gasteiger partial charge is 0.455 e. The lowest BCUT2D eigenvalue weighted by atomic mass is 9.92. The SMILES string of the molecule is c1ccc(C2=NC(c3ccc(-c4ccc5c6c4oc4cccc(c46)-c4cccc6cccc-5c46)cc3)N=C(c3ccccc3)N2)cc1. The Balaban J connectivity index is 1.11. The fourth-order valence-corrected chi connectivity index (χ4v) is 7.31. The fraction of sp³-hybridized carbons (Fsp3) is 0.0233. The maximum atomic E-state index is 6.73. The van der Waals surface area contributed by atoms with Gasteiger partial charge in [0.05, 0.1) is 0 Å². The first-order valence-corrected chi connectivity index (χ1v) is 15.9. The van der Waals surface area contributed by atoms with Crippen LogP contribution in [0.3, 0.4) is 0 Å². The number of nitrogens with one attached hydrogen (secondary N) is 1. The average molecular weight is 602 g/mol. The third kappa shape index (κ3) is 4.01. The molecule has 0 unspecified atom stereocenters. The highest BCUT2D eigenvalue weighted by Gasteiger charge is 2.25. The van der Waals surface area contributed by atoms with E-state index in [0.29, 0.717) is 0 Å². The van der Waals surface area contributed by atoms with Crippen LogP contribution in [0.1, 0.15) is 22.9 Å². The van der Waals surface area contributed by atoms with Crippen molar-refractivity contribution in [2.24, 2.45) is 9.98 Å². The smallest absolute Gasteiger partial charge is 0.169 e. The Hall–Kier alpha value is -6.26. The summed E-state index contributed by atoms with van der Waals surface area (Å²) < 4.78 is 6.73. The van der Waals surface area contributed by atoms with Gasteiger partial charge in [0.15, 0.2) is 6.17 Å². The minimum Gasteiger partial charge on any atom is -0.455 e. The topological polar surface area (TPSA) is 49.9 Å². The van der Waals surface area contributed by atoms with Gasteiger partial charge in [-0.25, -0.2) is 9.98 Å². The molecular weight excluding hydrogens is 574 g/mol. The van der Waals surface area contributed by atoms with Crippen LogP contribution in [-0.4, -0.2) is 11.7 Å². The van der Waals surface area contributed by atoms with Gasteiger partial charge in [0, 0.05) is 27.5 Å². The van der Waals surface area contributed by atoms with Crippen molar-refractivity contribution in [3.8, 4) is 33.4 Å². The monoisotopic (exact) mass is 601 g/mol. The van der Waals surface area contributed by atoms with E-state index in [0.717, 1.165) is 50.7 Å². The lowest BCUT2D eigenvalue weighted by molar-refractivity contribution is 0.670. The predicted octanol–water partition coefficient (Wildman–Crippen LogP) is 10.5. The van der Waals surface area contributed by atoms with E-state index in [1.165, 1.54) is 43.8 Å². The van der Waals surface area contributed by atoms with Gasteiger partial charge in [-0.15, -0.1) is 0 Å². The number of hydrogen-bond donors (Lipinski definition) is 1. The van der Waals surface area contributed by atoms with Gasteiger partial charge in [0.1, 0.15) is 22.8 Å². The van der Waals surface area contributed by atoms with Crippen LogP contribution in [0, 0.1) is 0 Å². The van der Waals surface area contributed by atoms with Gasteiger partial charge < -0.3 is 9.73 Å². The standard InChI is InChI=1S/C43H27N3O/c1-3-10-28(11-4-1)41-44-42(29-12-5-2-6-13-29)46-43(45-41)30-22-20-26(21-23-30)31-24-25-35-33-17-8-15-27-14-7-16-32(37(27)33)34-18-9-19-36-38(34)39(35)40(31)47-36/h1-25,43H,(H,44,45,46). The molecule has 0 fully saturated rings. The van der Waals surface area contributed by atoms with Crippen LogP contribution >= 0.6 is 0 Å². The van der Waals surface area contributed by atoms with E-state index in [1.54, 1.807) is 0 Å². The molecule has 1 aliphatic carbocycles. The van der Waals surface area contributed by atoms with E-state index in [1.807, 2.05) is 36.4 Å². The molecule has 0 saturated carbocycles. The van der Waals surface area contributed by atoms with E-state index in [-0.39, 0.29) is 6.17 Å². The van der Waals surface area contributed by atoms with Crippen LogP contribution < -0.4 is 5.32 Å². The lowest BCUT2D eigenvalue weighted by Gasteiger charge is -2.22. The van der Waals surface area contributed by atoms with Gasteiger partial charge in [-0.05, 0) is 56.3 Å². The van der Waals surface area contributed by atoms with Crippen molar-refractivity contribution in [3.05, 3.63) is 168 Å². The molecule has 1 aromatic heterocycles. The summed E-state index contributed by atoms with van der Waals surface area (Å²) in [5.41, 5.74) is 12.0. The molecule has 10 rings (SSSR count). The van der Waals surface area contributed by atoms with Crippen molar-refractivity contribution < 1.29 is 4.42 Å². The summed E-state index contributed by atoms with van der Waals surface area (Å²) in [5.74, 6) is 1.62. The van der Waals surface area contributed by atoms with Crippen LogP contribution in [0.5, 0.6) is 0 Å². The zero-order valence-electron chi connectivity index (χ0n) is 25.3. The first kappa shape index (κ1) is 26.0. The van der Waals surface area contributed by atoms with Gasteiger partial charge in [-0.1, -0.05) is 140 Å². The summed E-state index contributed by atoms with van der Waals surface area (Å²) in [6, 6.07) is 53.2. The van der Waals surface area contributed by atoms with Crippen LogP contribution in [0.2, 0.25) is 0 Å². The Kier molecular flexibility index (Phi) is 5.60. The predicted molar refractivity (Wildman–Crippen MR) is 193 cm³/mol. The van der Waals surface area contributed by atoms with Gasteiger partial charge in [0.25, 0.3) is 0 Å². The summed E-state index contributed by atoms with van der Waals surface area (Å²) in [6.45, 7) is 0. The van der Waals surface area contributed by atoms with Crippen molar-refractivity contribution in [2.75, 3.05) is 0 Å². The molecule has 220 valence electrons.